The molecule has 0 aliphatic carbocycles. The summed E-state index contributed by atoms with van der Waals surface area (Å²) in [5.41, 5.74) is 3.59. The maximum Gasteiger partial charge on any atom is 0.243 e. The molecule has 1 saturated heterocycles. The first kappa shape index (κ1) is 22.9. The van der Waals surface area contributed by atoms with Gasteiger partial charge in [-0.2, -0.15) is 4.31 Å². The minimum atomic E-state index is -3.61. The number of nitrogens with zero attached hydrogens (tertiary/aromatic N) is 4. The van der Waals surface area contributed by atoms with E-state index in [1.807, 2.05) is 48.2 Å². The Morgan fingerprint density at radius 3 is 2.24 bits per heavy atom. The summed E-state index contributed by atoms with van der Waals surface area (Å²) in [6.07, 6.45) is 0.364. The van der Waals surface area contributed by atoms with Crippen LogP contribution in [0.2, 0.25) is 0 Å². The van der Waals surface area contributed by atoms with Gasteiger partial charge < -0.3 is 10.2 Å². The van der Waals surface area contributed by atoms with Crippen LogP contribution >= 0.6 is 0 Å². The number of amides is 1. The highest BCUT2D eigenvalue weighted by Crippen LogP contribution is 2.24. The maximum atomic E-state index is 13.0. The van der Waals surface area contributed by atoms with Gasteiger partial charge in [-0.25, -0.2) is 8.42 Å². The van der Waals surface area contributed by atoms with E-state index in [9.17, 15) is 13.2 Å². The van der Waals surface area contributed by atoms with Crippen molar-refractivity contribution in [2.75, 3.05) is 36.4 Å². The topological polar surface area (TPSA) is 95.5 Å². The lowest BCUT2D eigenvalue weighted by Crippen LogP contribution is -2.49. The number of hydrogen-bond donors (Lipinski definition) is 1. The van der Waals surface area contributed by atoms with Crippen LogP contribution in [0.3, 0.4) is 0 Å². The molecule has 1 fully saturated rings. The van der Waals surface area contributed by atoms with Crippen LogP contribution < -0.4 is 10.2 Å². The molecule has 0 spiro atoms. The van der Waals surface area contributed by atoms with E-state index < -0.39 is 10.0 Å². The van der Waals surface area contributed by atoms with Crippen LogP contribution in [0, 0.1) is 6.92 Å². The third kappa shape index (κ3) is 5.04. The highest BCUT2D eigenvalue weighted by Gasteiger charge is 2.29. The van der Waals surface area contributed by atoms with Gasteiger partial charge in [-0.15, -0.1) is 10.2 Å². The van der Waals surface area contributed by atoms with Crippen molar-refractivity contribution in [2.24, 2.45) is 0 Å². The first-order chi connectivity index (χ1) is 15.9. The first-order valence-corrected chi connectivity index (χ1v) is 12.4. The van der Waals surface area contributed by atoms with Crippen molar-refractivity contribution in [2.45, 2.75) is 25.2 Å². The molecule has 1 aliphatic heterocycles. The fourth-order valence-corrected chi connectivity index (χ4v) is 5.19. The number of benzene rings is 2. The third-order valence-corrected chi connectivity index (χ3v) is 7.64. The van der Waals surface area contributed by atoms with Gasteiger partial charge in [-0.05, 0) is 48.9 Å². The Balaban J connectivity index is 1.40. The van der Waals surface area contributed by atoms with Gasteiger partial charge in [0.2, 0.25) is 15.9 Å². The maximum absolute atomic E-state index is 13.0. The van der Waals surface area contributed by atoms with Crippen molar-refractivity contribution in [3.63, 3.8) is 0 Å². The van der Waals surface area contributed by atoms with E-state index in [0.29, 0.717) is 38.3 Å². The molecule has 0 saturated carbocycles. The summed E-state index contributed by atoms with van der Waals surface area (Å²) in [4.78, 5) is 13.8. The van der Waals surface area contributed by atoms with Crippen LogP contribution in [0.25, 0.3) is 11.3 Å². The smallest absolute Gasteiger partial charge is 0.243 e. The standard InChI is InChI=1S/C24H27N5O3S/c1-3-24(30)25-19-8-10-20(11-9-19)33(31,32)29-16-14-28(15-17-29)23-13-12-22(26-27-23)21-7-5-4-6-18(21)2/h4-13H,3,14-17H2,1-2H3,(H,25,30). The van der Waals surface area contributed by atoms with Gasteiger partial charge in [0.25, 0.3) is 0 Å². The number of sulfonamides is 1. The summed E-state index contributed by atoms with van der Waals surface area (Å²) in [5.74, 6) is 0.622. The van der Waals surface area contributed by atoms with Crippen LogP contribution in [0.4, 0.5) is 11.5 Å². The van der Waals surface area contributed by atoms with Crippen molar-refractivity contribution in [3.8, 4) is 11.3 Å². The number of hydrogen-bond acceptors (Lipinski definition) is 6. The molecule has 1 aromatic heterocycles. The SMILES string of the molecule is CCC(=O)Nc1ccc(S(=O)(=O)N2CCN(c3ccc(-c4ccccc4C)nn3)CC2)cc1. The van der Waals surface area contributed by atoms with Gasteiger partial charge in [0, 0.05) is 43.9 Å². The summed E-state index contributed by atoms with van der Waals surface area (Å²) in [6, 6.07) is 18.2. The Labute approximate surface area is 194 Å². The van der Waals surface area contributed by atoms with E-state index in [-0.39, 0.29) is 10.8 Å². The van der Waals surface area contributed by atoms with Gasteiger partial charge in [0.05, 0.1) is 10.6 Å². The average molecular weight is 466 g/mol. The fraction of sp³-hybridized carbons (Fsp3) is 0.292. The zero-order valence-corrected chi connectivity index (χ0v) is 19.5. The number of carbonyl (C=O) groups is 1. The summed E-state index contributed by atoms with van der Waals surface area (Å²) >= 11 is 0. The Morgan fingerprint density at radius 2 is 1.64 bits per heavy atom. The number of piperazine rings is 1. The summed E-state index contributed by atoms with van der Waals surface area (Å²) in [7, 11) is -3.61. The third-order valence-electron chi connectivity index (χ3n) is 5.73. The number of anilines is 2. The first-order valence-electron chi connectivity index (χ1n) is 10.9. The number of aromatic nitrogens is 2. The summed E-state index contributed by atoms with van der Waals surface area (Å²) in [5, 5.41) is 11.5. The molecule has 1 amide bonds. The zero-order valence-electron chi connectivity index (χ0n) is 18.7. The normalized spacial score (nSPS) is 14.8. The van der Waals surface area contributed by atoms with E-state index in [2.05, 4.69) is 15.5 Å². The van der Waals surface area contributed by atoms with Crippen LogP contribution in [-0.4, -0.2) is 55.0 Å². The molecular formula is C24H27N5O3S. The molecule has 172 valence electrons. The highest BCUT2D eigenvalue weighted by atomic mass is 32.2. The van der Waals surface area contributed by atoms with E-state index in [1.54, 1.807) is 19.1 Å². The molecule has 4 rings (SSSR count). The molecule has 33 heavy (non-hydrogen) atoms. The number of nitrogens with one attached hydrogen (secondary N) is 1. The van der Waals surface area contributed by atoms with Gasteiger partial charge >= 0.3 is 0 Å². The second-order valence-electron chi connectivity index (χ2n) is 7.91. The Hall–Kier alpha value is -3.30. The molecule has 2 heterocycles. The summed E-state index contributed by atoms with van der Waals surface area (Å²) < 4.78 is 27.6. The second-order valence-corrected chi connectivity index (χ2v) is 9.85. The molecule has 8 nitrogen and oxygen atoms in total. The van der Waals surface area contributed by atoms with E-state index in [1.165, 1.54) is 16.4 Å². The molecule has 0 radical (unpaired) electrons. The molecule has 0 unspecified atom stereocenters. The second kappa shape index (κ2) is 9.68. The van der Waals surface area contributed by atoms with E-state index in [0.717, 1.165) is 22.6 Å². The van der Waals surface area contributed by atoms with Crippen molar-refractivity contribution >= 4 is 27.4 Å². The lowest BCUT2D eigenvalue weighted by Gasteiger charge is -2.34. The van der Waals surface area contributed by atoms with Crippen molar-refractivity contribution < 1.29 is 13.2 Å². The van der Waals surface area contributed by atoms with Gasteiger partial charge in [-0.1, -0.05) is 31.2 Å². The minimum absolute atomic E-state index is 0.114. The molecule has 1 N–H and O–H groups in total. The van der Waals surface area contributed by atoms with Gasteiger partial charge in [0.1, 0.15) is 0 Å². The van der Waals surface area contributed by atoms with Gasteiger partial charge in [-0.3, -0.25) is 4.79 Å². The van der Waals surface area contributed by atoms with Crippen molar-refractivity contribution in [3.05, 3.63) is 66.2 Å². The van der Waals surface area contributed by atoms with Crippen LogP contribution in [-0.2, 0) is 14.8 Å². The molecule has 1 aliphatic rings. The Morgan fingerprint density at radius 1 is 0.939 bits per heavy atom. The average Bonchev–Trinajstić information content (AvgIpc) is 2.85. The van der Waals surface area contributed by atoms with Gasteiger partial charge in [0.15, 0.2) is 5.82 Å². The molecule has 9 heteroatoms. The zero-order chi connectivity index (χ0) is 23.4. The monoisotopic (exact) mass is 465 g/mol. The van der Waals surface area contributed by atoms with Crippen molar-refractivity contribution in [1.82, 2.24) is 14.5 Å². The Kier molecular flexibility index (Phi) is 6.71. The van der Waals surface area contributed by atoms with Crippen molar-refractivity contribution in [1.29, 1.82) is 0 Å². The number of aryl methyl sites for hydroxylation is 1. The molecule has 0 bridgehead atoms. The van der Waals surface area contributed by atoms with E-state index >= 15 is 0 Å². The van der Waals surface area contributed by atoms with Crippen LogP contribution in [0.15, 0.2) is 65.6 Å². The summed E-state index contributed by atoms with van der Waals surface area (Å²) in [6.45, 7) is 5.58. The molecule has 2 aromatic carbocycles. The predicted octanol–water partition coefficient (Wildman–Crippen LogP) is 3.31. The minimum Gasteiger partial charge on any atom is -0.352 e. The lowest BCUT2D eigenvalue weighted by atomic mass is 10.1. The largest absolute Gasteiger partial charge is 0.352 e. The Bertz CT molecular complexity index is 1220. The molecular weight excluding hydrogens is 438 g/mol. The quantitative estimate of drug-likeness (QED) is 0.600. The molecule has 0 atom stereocenters. The van der Waals surface area contributed by atoms with Crippen LogP contribution in [0.5, 0.6) is 0 Å². The fourth-order valence-electron chi connectivity index (χ4n) is 3.76. The van der Waals surface area contributed by atoms with E-state index in [4.69, 9.17) is 0 Å². The number of rotatable bonds is 6. The highest BCUT2D eigenvalue weighted by molar-refractivity contribution is 7.89. The van der Waals surface area contributed by atoms with Crippen LogP contribution in [0.1, 0.15) is 18.9 Å². The lowest BCUT2D eigenvalue weighted by molar-refractivity contribution is -0.115. The molecule has 3 aromatic rings. The number of carbonyl (C=O) groups excluding carboxylic acids is 1. The predicted molar refractivity (Wildman–Crippen MR) is 129 cm³/mol.